The maximum atomic E-state index is 11.7. The largest absolute Gasteiger partial charge is 0.374 e. The van der Waals surface area contributed by atoms with Crippen molar-refractivity contribution in [2.75, 3.05) is 17.2 Å². The van der Waals surface area contributed by atoms with Crippen LogP contribution in [0.3, 0.4) is 0 Å². The number of carbonyl (C=O) groups excluding carboxylic acids is 1. The number of amides is 1. The molecule has 2 rings (SSSR count). The van der Waals surface area contributed by atoms with Gasteiger partial charge in [0.25, 0.3) is 5.91 Å². The molecule has 1 aliphatic rings. The molecule has 1 fully saturated rings. The van der Waals surface area contributed by atoms with Gasteiger partial charge in [-0.1, -0.05) is 11.3 Å². The summed E-state index contributed by atoms with van der Waals surface area (Å²) in [6.07, 6.45) is 2.06. The van der Waals surface area contributed by atoms with Gasteiger partial charge >= 0.3 is 0 Å². The van der Waals surface area contributed by atoms with Gasteiger partial charge in [-0.05, 0) is 24.3 Å². The van der Waals surface area contributed by atoms with E-state index in [9.17, 15) is 4.79 Å². The molecule has 0 unspecified atom stereocenters. The average molecular weight is 244 g/mol. The number of anilines is 1. The quantitative estimate of drug-likeness (QED) is 0.802. The zero-order chi connectivity index (χ0) is 10.7. The number of nitrogen functional groups attached to an aromatic ring is 1. The summed E-state index contributed by atoms with van der Waals surface area (Å²) in [7, 11) is 0. The van der Waals surface area contributed by atoms with E-state index < -0.39 is 0 Å². The molecule has 0 spiro atoms. The fourth-order valence-corrected chi connectivity index (χ4v) is 3.03. The smallest absolute Gasteiger partial charge is 0.282 e. The van der Waals surface area contributed by atoms with E-state index in [2.05, 4.69) is 15.5 Å². The van der Waals surface area contributed by atoms with E-state index in [0.717, 1.165) is 35.7 Å². The number of nitrogens with two attached hydrogens (primary N) is 1. The molecule has 82 valence electrons. The summed E-state index contributed by atoms with van der Waals surface area (Å²) in [4.78, 5) is 11.7. The predicted molar refractivity (Wildman–Crippen MR) is 62.1 cm³/mol. The van der Waals surface area contributed by atoms with Crippen molar-refractivity contribution < 1.29 is 4.79 Å². The molecule has 0 atom stereocenters. The zero-order valence-electron chi connectivity index (χ0n) is 8.10. The number of hydrogen-bond acceptors (Lipinski definition) is 6. The maximum absolute atomic E-state index is 11.7. The van der Waals surface area contributed by atoms with Crippen LogP contribution in [0.2, 0.25) is 0 Å². The molecule has 0 aromatic carbocycles. The topological polar surface area (TPSA) is 80.9 Å². The van der Waals surface area contributed by atoms with E-state index in [1.807, 2.05) is 11.8 Å². The maximum Gasteiger partial charge on any atom is 0.282 e. The Balaban J connectivity index is 1.91. The van der Waals surface area contributed by atoms with E-state index >= 15 is 0 Å². The minimum absolute atomic E-state index is 0.152. The number of thioether (sulfide) groups is 1. The molecule has 0 bridgehead atoms. The highest BCUT2D eigenvalue weighted by molar-refractivity contribution is 7.99. The first-order valence-electron chi connectivity index (χ1n) is 4.73. The molecule has 1 aromatic heterocycles. The number of aromatic nitrogens is 2. The molecular formula is C8H12N4OS2. The number of rotatable bonds is 2. The Hall–Kier alpha value is -0.820. The van der Waals surface area contributed by atoms with Gasteiger partial charge in [0.1, 0.15) is 0 Å². The van der Waals surface area contributed by atoms with Gasteiger partial charge < -0.3 is 11.1 Å². The van der Waals surface area contributed by atoms with E-state index in [4.69, 9.17) is 5.73 Å². The number of hydrogen-bond donors (Lipinski definition) is 2. The van der Waals surface area contributed by atoms with Gasteiger partial charge in [-0.25, -0.2) is 0 Å². The van der Waals surface area contributed by atoms with Crippen LogP contribution in [-0.4, -0.2) is 33.7 Å². The van der Waals surface area contributed by atoms with Crippen molar-refractivity contribution in [3.63, 3.8) is 0 Å². The molecule has 1 aliphatic heterocycles. The van der Waals surface area contributed by atoms with Gasteiger partial charge in [-0.2, -0.15) is 11.8 Å². The second-order valence-electron chi connectivity index (χ2n) is 3.31. The van der Waals surface area contributed by atoms with E-state index in [1.54, 1.807) is 0 Å². The molecule has 1 aromatic rings. The number of carbonyl (C=O) groups is 1. The lowest BCUT2D eigenvalue weighted by atomic mass is 10.1. The molecule has 0 aliphatic carbocycles. The minimum Gasteiger partial charge on any atom is -0.374 e. The van der Waals surface area contributed by atoms with Crippen molar-refractivity contribution in [3.8, 4) is 0 Å². The Morgan fingerprint density at radius 2 is 2.13 bits per heavy atom. The highest BCUT2D eigenvalue weighted by Crippen LogP contribution is 2.18. The highest BCUT2D eigenvalue weighted by atomic mass is 32.2. The zero-order valence-corrected chi connectivity index (χ0v) is 9.74. The lowest BCUT2D eigenvalue weighted by Crippen LogP contribution is -2.37. The molecule has 1 amide bonds. The lowest BCUT2D eigenvalue weighted by Gasteiger charge is -2.21. The van der Waals surface area contributed by atoms with Gasteiger partial charge in [0.05, 0.1) is 0 Å². The van der Waals surface area contributed by atoms with Crippen LogP contribution in [0.15, 0.2) is 0 Å². The molecule has 3 N–H and O–H groups in total. The van der Waals surface area contributed by atoms with E-state index in [0.29, 0.717) is 10.1 Å². The molecular weight excluding hydrogens is 232 g/mol. The molecule has 15 heavy (non-hydrogen) atoms. The Labute approximate surface area is 95.8 Å². The summed E-state index contributed by atoms with van der Waals surface area (Å²) in [5.41, 5.74) is 5.41. The Bertz CT molecular complexity index is 348. The average Bonchev–Trinajstić information content (AvgIpc) is 2.66. The summed E-state index contributed by atoms with van der Waals surface area (Å²) in [6, 6.07) is 0.281. The predicted octanol–water partition coefficient (Wildman–Crippen LogP) is 0.746. The fourth-order valence-electron chi connectivity index (χ4n) is 1.42. The van der Waals surface area contributed by atoms with Crippen LogP contribution in [0, 0.1) is 0 Å². The van der Waals surface area contributed by atoms with Crippen molar-refractivity contribution in [2.24, 2.45) is 0 Å². The van der Waals surface area contributed by atoms with Gasteiger partial charge in [-0.3, -0.25) is 4.79 Å². The highest BCUT2D eigenvalue weighted by Gasteiger charge is 2.18. The molecule has 0 radical (unpaired) electrons. The summed E-state index contributed by atoms with van der Waals surface area (Å²) >= 11 is 3.05. The standard InChI is InChI=1S/C8H12N4OS2/c9-8-12-11-7(15-8)6(13)10-5-1-3-14-4-2-5/h5H,1-4H2,(H2,9,12)(H,10,13). The Morgan fingerprint density at radius 3 is 2.73 bits per heavy atom. The molecule has 2 heterocycles. The summed E-state index contributed by atoms with van der Waals surface area (Å²) < 4.78 is 0. The van der Waals surface area contributed by atoms with Crippen molar-refractivity contribution in [3.05, 3.63) is 5.01 Å². The van der Waals surface area contributed by atoms with Crippen LogP contribution in [0.5, 0.6) is 0 Å². The third-order valence-corrected chi connectivity index (χ3v) is 3.99. The van der Waals surface area contributed by atoms with E-state index in [1.165, 1.54) is 0 Å². The first-order valence-corrected chi connectivity index (χ1v) is 6.70. The van der Waals surface area contributed by atoms with Crippen LogP contribution in [0.1, 0.15) is 22.6 Å². The van der Waals surface area contributed by atoms with E-state index in [-0.39, 0.29) is 11.9 Å². The number of nitrogens with one attached hydrogen (secondary N) is 1. The summed E-state index contributed by atoms with van der Waals surface area (Å²) in [5, 5.41) is 11.0. The second-order valence-corrected chi connectivity index (χ2v) is 5.54. The van der Waals surface area contributed by atoms with Gasteiger partial charge in [-0.15, -0.1) is 10.2 Å². The Kier molecular flexibility index (Phi) is 3.42. The normalized spacial score (nSPS) is 17.6. The molecule has 7 heteroatoms. The van der Waals surface area contributed by atoms with Gasteiger partial charge in [0, 0.05) is 6.04 Å². The summed E-state index contributed by atoms with van der Waals surface area (Å²) in [5.74, 6) is 2.08. The first-order chi connectivity index (χ1) is 7.25. The van der Waals surface area contributed by atoms with Crippen LogP contribution in [0.4, 0.5) is 5.13 Å². The SMILES string of the molecule is Nc1nnc(C(=O)NC2CCSCC2)s1. The molecule has 5 nitrogen and oxygen atoms in total. The summed E-state index contributed by atoms with van der Waals surface area (Å²) in [6.45, 7) is 0. The third kappa shape index (κ3) is 2.82. The minimum atomic E-state index is -0.152. The lowest BCUT2D eigenvalue weighted by molar-refractivity contribution is 0.0934. The van der Waals surface area contributed by atoms with Crippen LogP contribution >= 0.6 is 23.1 Å². The fraction of sp³-hybridized carbons (Fsp3) is 0.625. The van der Waals surface area contributed by atoms with Crippen LogP contribution in [-0.2, 0) is 0 Å². The second kappa shape index (κ2) is 4.80. The van der Waals surface area contributed by atoms with Gasteiger partial charge in [0.15, 0.2) is 0 Å². The van der Waals surface area contributed by atoms with Crippen molar-refractivity contribution in [2.45, 2.75) is 18.9 Å². The van der Waals surface area contributed by atoms with Crippen LogP contribution < -0.4 is 11.1 Å². The van der Waals surface area contributed by atoms with Crippen molar-refractivity contribution in [1.29, 1.82) is 0 Å². The monoisotopic (exact) mass is 244 g/mol. The van der Waals surface area contributed by atoms with Gasteiger partial charge in [0.2, 0.25) is 10.1 Å². The van der Waals surface area contributed by atoms with Crippen molar-refractivity contribution in [1.82, 2.24) is 15.5 Å². The van der Waals surface area contributed by atoms with Crippen LogP contribution in [0.25, 0.3) is 0 Å². The third-order valence-electron chi connectivity index (χ3n) is 2.19. The molecule has 0 saturated carbocycles. The first kappa shape index (κ1) is 10.7. The molecule has 1 saturated heterocycles. The number of nitrogens with zero attached hydrogens (tertiary/aromatic N) is 2. The Morgan fingerprint density at radius 1 is 1.40 bits per heavy atom. The van der Waals surface area contributed by atoms with Crippen molar-refractivity contribution >= 4 is 34.1 Å².